The summed E-state index contributed by atoms with van der Waals surface area (Å²) >= 11 is 0. The van der Waals surface area contributed by atoms with Crippen molar-refractivity contribution in [1.29, 1.82) is 0 Å². The Balaban J connectivity index is 1.67. The van der Waals surface area contributed by atoms with Crippen molar-refractivity contribution < 1.29 is 14.3 Å². The van der Waals surface area contributed by atoms with Gasteiger partial charge >= 0.3 is 5.97 Å². The molecule has 1 amide bonds. The highest BCUT2D eigenvalue weighted by Crippen LogP contribution is 2.45. The number of esters is 1. The van der Waals surface area contributed by atoms with E-state index >= 15 is 0 Å². The van der Waals surface area contributed by atoms with Crippen molar-refractivity contribution in [3.63, 3.8) is 0 Å². The number of fused-ring (bicyclic) bond motifs is 1. The van der Waals surface area contributed by atoms with Gasteiger partial charge in [0, 0.05) is 12.2 Å². The number of ether oxygens (including phenoxy) is 1. The lowest BCUT2D eigenvalue weighted by Gasteiger charge is -2.34. The first-order valence-corrected chi connectivity index (χ1v) is 9.12. The molecule has 2 aliphatic rings. The van der Waals surface area contributed by atoms with Crippen molar-refractivity contribution in [2.75, 3.05) is 18.6 Å². The summed E-state index contributed by atoms with van der Waals surface area (Å²) < 4.78 is 4.95. The number of rotatable bonds is 2. The molecule has 2 aromatic rings. The number of methoxy groups -OCH3 is 1. The number of aryl methyl sites for hydroxylation is 2. The number of benzene rings is 2. The molecule has 4 rings (SSSR count). The maximum absolute atomic E-state index is 13.3. The first-order chi connectivity index (χ1) is 12.5. The maximum atomic E-state index is 13.3. The number of nitrogens with zero attached hydrogens (tertiary/aromatic N) is 1. The van der Waals surface area contributed by atoms with E-state index in [0.717, 1.165) is 37.1 Å². The monoisotopic (exact) mass is 349 g/mol. The fourth-order valence-electron chi connectivity index (χ4n) is 4.37. The van der Waals surface area contributed by atoms with E-state index in [4.69, 9.17) is 4.74 Å². The van der Waals surface area contributed by atoms with Crippen LogP contribution in [-0.4, -0.2) is 25.5 Å². The van der Waals surface area contributed by atoms with Gasteiger partial charge in [-0.05, 0) is 61.9 Å². The molecule has 0 aromatic heterocycles. The van der Waals surface area contributed by atoms with Gasteiger partial charge in [-0.25, -0.2) is 4.79 Å². The van der Waals surface area contributed by atoms with Crippen molar-refractivity contribution in [1.82, 2.24) is 0 Å². The van der Waals surface area contributed by atoms with Gasteiger partial charge in [-0.1, -0.05) is 29.8 Å². The molecule has 134 valence electrons. The quantitative estimate of drug-likeness (QED) is 0.777. The Morgan fingerprint density at radius 3 is 2.62 bits per heavy atom. The van der Waals surface area contributed by atoms with Gasteiger partial charge in [0.15, 0.2) is 0 Å². The molecule has 1 spiro atoms. The third-order valence-electron chi connectivity index (χ3n) is 5.92. The lowest BCUT2D eigenvalue weighted by molar-refractivity contribution is -0.126. The second-order valence-corrected chi connectivity index (χ2v) is 7.43. The molecule has 1 heterocycles. The van der Waals surface area contributed by atoms with Gasteiger partial charge in [0.2, 0.25) is 5.91 Å². The number of amides is 1. The van der Waals surface area contributed by atoms with Crippen LogP contribution in [0.15, 0.2) is 42.5 Å². The Morgan fingerprint density at radius 2 is 1.88 bits per heavy atom. The van der Waals surface area contributed by atoms with E-state index in [1.54, 1.807) is 6.07 Å². The van der Waals surface area contributed by atoms with Gasteiger partial charge in [-0.2, -0.15) is 0 Å². The van der Waals surface area contributed by atoms with Crippen LogP contribution in [0.25, 0.3) is 0 Å². The minimum atomic E-state index is -0.401. The smallest absolute Gasteiger partial charge is 0.338 e. The predicted molar refractivity (Wildman–Crippen MR) is 100 cm³/mol. The lowest BCUT2D eigenvalue weighted by atomic mass is 9.69. The van der Waals surface area contributed by atoms with Gasteiger partial charge < -0.3 is 9.64 Å². The summed E-state index contributed by atoms with van der Waals surface area (Å²) in [6.45, 7) is 2.78. The Labute approximate surface area is 153 Å². The molecule has 0 saturated carbocycles. The van der Waals surface area contributed by atoms with E-state index in [9.17, 15) is 9.59 Å². The molecular weight excluding hydrogens is 326 g/mol. The van der Waals surface area contributed by atoms with Crippen LogP contribution < -0.4 is 4.90 Å². The van der Waals surface area contributed by atoms with E-state index < -0.39 is 5.41 Å². The second kappa shape index (κ2) is 6.27. The molecule has 1 aliphatic carbocycles. The Morgan fingerprint density at radius 1 is 1.12 bits per heavy atom. The summed E-state index contributed by atoms with van der Waals surface area (Å²) in [5, 5.41) is 0. The third-order valence-corrected chi connectivity index (χ3v) is 5.92. The van der Waals surface area contributed by atoms with Crippen molar-refractivity contribution >= 4 is 17.6 Å². The Hall–Kier alpha value is -2.62. The molecular formula is C22H23NO3. The van der Waals surface area contributed by atoms with Crippen molar-refractivity contribution in [2.24, 2.45) is 5.41 Å². The van der Waals surface area contributed by atoms with Crippen LogP contribution in [0.1, 0.15) is 39.9 Å². The zero-order valence-electron chi connectivity index (χ0n) is 15.2. The molecule has 1 unspecified atom stereocenters. The molecule has 1 fully saturated rings. The lowest BCUT2D eigenvalue weighted by Crippen LogP contribution is -2.39. The summed E-state index contributed by atoms with van der Waals surface area (Å²) in [5.41, 5.74) is 4.51. The number of carbonyl (C=O) groups excluding carboxylic acids is 2. The molecule has 0 radical (unpaired) electrons. The number of hydrogen-bond donors (Lipinski definition) is 0. The number of hydrogen-bond acceptors (Lipinski definition) is 3. The minimum absolute atomic E-state index is 0.187. The van der Waals surface area contributed by atoms with Crippen LogP contribution in [0.3, 0.4) is 0 Å². The second-order valence-electron chi connectivity index (χ2n) is 7.43. The van der Waals surface area contributed by atoms with Gasteiger partial charge in [0.1, 0.15) is 0 Å². The average molecular weight is 349 g/mol. The molecule has 1 aliphatic heterocycles. The first-order valence-electron chi connectivity index (χ1n) is 9.12. The van der Waals surface area contributed by atoms with Crippen LogP contribution in [-0.2, 0) is 22.4 Å². The summed E-state index contributed by atoms with van der Waals surface area (Å²) in [5.74, 6) is -0.133. The molecule has 2 aromatic carbocycles. The zero-order chi connectivity index (χ0) is 18.3. The molecule has 1 atom stereocenters. The zero-order valence-corrected chi connectivity index (χ0v) is 15.2. The standard InChI is InChI=1S/C22H23NO3/c1-15-6-8-17(9-7-15)23-13-12-22(21(23)25)11-10-16-4-3-5-18(19(16)14-22)20(24)26-2/h3-9H,10-14H2,1-2H3. The predicted octanol–water partition coefficient (Wildman–Crippen LogP) is 3.69. The largest absolute Gasteiger partial charge is 0.465 e. The van der Waals surface area contributed by atoms with Crippen LogP contribution in [0, 0.1) is 12.3 Å². The topological polar surface area (TPSA) is 46.6 Å². The highest BCUT2D eigenvalue weighted by Gasteiger charge is 2.49. The van der Waals surface area contributed by atoms with Crippen LogP contribution in [0.2, 0.25) is 0 Å². The molecule has 26 heavy (non-hydrogen) atoms. The van der Waals surface area contributed by atoms with Crippen molar-refractivity contribution in [3.8, 4) is 0 Å². The third kappa shape index (κ3) is 2.61. The van der Waals surface area contributed by atoms with E-state index in [1.165, 1.54) is 18.2 Å². The van der Waals surface area contributed by atoms with E-state index in [2.05, 4.69) is 6.07 Å². The first kappa shape index (κ1) is 16.8. The van der Waals surface area contributed by atoms with Crippen molar-refractivity contribution in [3.05, 3.63) is 64.7 Å². The summed E-state index contributed by atoms with van der Waals surface area (Å²) in [6.07, 6.45) is 3.11. The fraction of sp³-hybridized carbons (Fsp3) is 0.364. The fourth-order valence-corrected chi connectivity index (χ4v) is 4.37. The number of carbonyl (C=O) groups is 2. The van der Waals surface area contributed by atoms with Gasteiger partial charge in [0.05, 0.1) is 18.1 Å². The SMILES string of the molecule is COC(=O)c1cccc2c1CC1(CC2)CCN(c2ccc(C)cc2)C1=O. The van der Waals surface area contributed by atoms with E-state index in [1.807, 2.05) is 42.2 Å². The van der Waals surface area contributed by atoms with Crippen LogP contribution >= 0.6 is 0 Å². The van der Waals surface area contributed by atoms with Gasteiger partial charge in [-0.15, -0.1) is 0 Å². The minimum Gasteiger partial charge on any atom is -0.465 e. The van der Waals surface area contributed by atoms with Crippen LogP contribution in [0.4, 0.5) is 5.69 Å². The van der Waals surface area contributed by atoms with E-state index in [-0.39, 0.29) is 11.9 Å². The summed E-state index contributed by atoms with van der Waals surface area (Å²) in [7, 11) is 1.40. The van der Waals surface area contributed by atoms with Crippen LogP contribution in [0.5, 0.6) is 0 Å². The Bertz CT molecular complexity index is 871. The molecule has 1 saturated heterocycles. The molecule has 0 bridgehead atoms. The molecule has 0 N–H and O–H groups in total. The average Bonchev–Trinajstić information content (AvgIpc) is 2.97. The molecule has 4 heteroatoms. The van der Waals surface area contributed by atoms with Crippen molar-refractivity contribution in [2.45, 2.75) is 32.6 Å². The highest BCUT2D eigenvalue weighted by molar-refractivity contribution is 6.01. The molecule has 4 nitrogen and oxygen atoms in total. The van der Waals surface area contributed by atoms with E-state index in [0.29, 0.717) is 12.0 Å². The van der Waals surface area contributed by atoms with Gasteiger partial charge in [0.25, 0.3) is 0 Å². The maximum Gasteiger partial charge on any atom is 0.338 e. The summed E-state index contributed by atoms with van der Waals surface area (Å²) in [6, 6.07) is 13.9. The number of anilines is 1. The van der Waals surface area contributed by atoms with Gasteiger partial charge in [-0.3, -0.25) is 4.79 Å². The summed E-state index contributed by atoms with van der Waals surface area (Å²) in [4.78, 5) is 27.4. The highest BCUT2D eigenvalue weighted by atomic mass is 16.5. The normalized spacial score (nSPS) is 21.8. The Kier molecular flexibility index (Phi) is 4.06.